The molecule has 0 saturated carbocycles. The molecule has 2 atom stereocenters. The van der Waals surface area contributed by atoms with E-state index in [4.69, 9.17) is 18.4 Å². The average Bonchev–Trinajstić information content (AvgIpc) is 2.52. The van der Waals surface area contributed by atoms with Gasteiger partial charge in [0.2, 0.25) is 0 Å². The van der Waals surface area contributed by atoms with Gasteiger partial charge in [0.15, 0.2) is 0 Å². The van der Waals surface area contributed by atoms with Gasteiger partial charge < -0.3 is 19.1 Å². The Morgan fingerprint density at radius 1 is 1.08 bits per heavy atom. The maximum atomic E-state index is 11.7. The van der Waals surface area contributed by atoms with Gasteiger partial charge >= 0.3 is 0 Å². The number of benzene rings is 1. The lowest BCUT2D eigenvalue weighted by molar-refractivity contribution is 0.0871. The highest BCUT2D eigenvalue weighted by atomic mass is 32.2. The van der Waals surface area contributed by atoms with Crippen LogP contribution in [0.3, 0.4) is 0 Å². The molecular formula is C16H25NO6S. The number of piperidine rings is 1. The quantitative estimate of drug-likeness (QED) is 0.712. The first-order valence-corrected chi connectivity index (χ1v) is 9.47. The van der Waals surface area contributed by atoms with E-state index in [0.29, 0.717) is 23.8 Å². The fourth-order valence-electron chi connectivity index (χ4n) is 3.12. The summed E-state index contributed by atoms with van der Waals surface area (Å²) in [7, 11) is 3.07. The van der Waals surface area contributed by atoms with Crippen LogP contribution in [0.1, 0.15) is 17.9 Å². The molecule has 136 valence electrons. The van der Waals surface area contributed by atoms with Crippen molar-refractivity contribution in [3.05, 3.63) is 17.7 Å². The third-order valence-corrected chi connectivity index (χ3v) is 4.78. The van der Waals surface area contributed by atoms with Crippen LogP contribution in [0.5, 0.6) is 17.2 Å². The van der Waals surface area contributed by atoms with Crippen LogP contribution in [0, 0.1) is 0 Å². The third-order valence-electron chi connectivity index (χ3n) is 4.18. The van der Waals surface area contributed by atoms with E-state index in [1.165, 1.54) is 0 Å². The Hall–Kier alpha value is -1.51. The van der Waals surface area contributed by atoms with Crippen LogP contribution >= 0.6 is 0 Å². The summed E-state index contributed by atoms with van der Waals surface area (Å²) in [6.45, 7) is 1.34. The molecule has 1 heterocycles. The molecule has 1 aromatic carbocycles. The van der Waals surface area contributed by atoms with Gasteiger partial charge in [0.05, 0.1) is 33.7 Å². The zero-order valence-electron chi connectivity index (χ0n) is 14.7. The molecule has 1 fully saturated rings. The Kier molecular flexibility index (Phi) is 5.95. The Balaban J connectivity index is 2.50. The molecule has 0 radical (unpaired) electrons. The fraction of sp³-hybridized carbons (Fsp3) is 0.625. The Labute approximate surface area is 143 Å². The summed E-state index contributed by atoms with van der Waals surface area (Å²) in [6.07, 6.45) is 1.30. The Morgan fingerprint density at radius 3 is 2.12 bits per heavy atom. The first-order chi connectivity index (χ1) is 11.3. The summed E-state index contributed by atoms with van der Waals surface area (Å²) < 4.78 is 45.0. The molecule has 0 aliphatic carbocycles. The number of nitrogens with zero attached hydrogens (tertiary/aromatic N) is 1. The number of likely N-dealkylation sites (tertiary alicyclic amines) is 1. The summed E-state index contributed by atoms with van der Waals surface area (Å²) in [5.41, 5.74) is 0.808. The van der Waals surface area contributed by atoms with E-state index >= 15 is 0 Å². The summed E-state index contributed by atoms with van der Waals surface area (Å²) in [4.78, 5) is 2.05. The molecule has 0 amide bonds. The van der Waals surface area contributed by atoms with E-state index in [2.05, 4.69) is 4.90 Å². The van der Waals surface area contributed by atoms with Crippen molar-refractivity contribution >= 4 is 10.1 Å². The van der Waals surface area contributed by atoms with Crippen LogP contribution in [0.2, 0.25) is 0 Å². The highest BCUT2D eigenvalue weighted by molar-refractivity contribution is 7.86. The van der Waals surface area contributed by atoms with Crippen LogP contribution in [0.15, 0.2) is 12.1 Å². The lowest BCUT2D eigenvalue weighted by Gasteiger charge is -2.37. The molecule has 0 bridgehead atoms. The lowest BCUT2D eigenvalue weighted by Crippen LogP contribution is -2.43. The molecule has 24 heavy (non-hydrogen) atoms. The molecule has 2 unspecified atom stereocenters. The highest BCUT2D eigenvalue weighted by Gasteiger charge is 2.36. The predicted octanol–water partition coefficient (Wildman–Crippen LogP) is 1.48. The lowest BCUT2D eigenvalue weighted by atomic mass is 9.86. The molecule has 8 heteroatoms. The van der Waals surface area contributed by atoms with E-state index < -0.39 is 16.2 Å². The number of methoxy groups -OCH3 is 3. The summed E-state index contributed by atoms with van der Waals surface area (Å²) in [6, 6.07) is 3.54. The first-order valence-electron chi connectivity index (χ1n) is 7.65. The van der Waals surface area contributed by atoms with Crippen molar-refractivity contribution in [1.29, 1.82) is 0 Å². The van der Waals surface area contributed by atoms with Crippen molar-refractivity contribution in [1.82, 2.24) is 4.90 Å². The maximum absolute atomic E-state index is 11.7. The van der Waals surface area contributed by atoms with Crippen molar-refractivity contribution in [3.63, 3.8) is 0 Å². The Morgan fingerprint density at radius 2 is 1.67 bits per heavy atom. The minimum Gasteiger partial charge on any atom is -0.496 e. The smallest absolute Gasteiger partial charge is 0.264 e. The molecule has 1 aliphatic rings. The third kappa shape index (κ3) is 4.31. The van der Waals surface area contributed by atoms with E-state index in [-0.39, 0.29) is 5.92 Å². The highest BCUT2D eigenvalue weighted by Crippen LogP contribution is 2.44. The number of ether oxygens (including phenoxy) is 3. The van der Waals surface area contributed by atoms with Crippen molar-refractivity contribution in [2.24, 2.45) is 0 Å². The zero-order chi connectivity index (χ0) is 17.9. The van der Waals surface area contributed by atoms with Crippen molar-refractivity contribution in [3.8, 4) is 17.2 Å². The monoisotopic (exact) mass is 359 g/mol. The van der Waals surface area contributed by atoms with Gasteiger partial charge in [-0.25, -0.2) is 0 Å². The second-order valence-corrected chi connectivity index (χ2v) is 7.54. The molecular weight excluding hydrogens is 334 g/mol. The second kappa shape index (κ2) is 7.58. The first kappa shape index (κ1) is 18.8. The summed E-state index contributed by atoms with van der Waals surface area (Å²) in [5, 5.41) is 0. The van der Waals surface area contributed by atoms with Gasteiger partial charge in [0.1, 0.15) is 17.2 Å². The second-order valence-electron chi connectivity index (χ2n) is 5.94. The van der Waals surface area contributed by atoms with E-state index in [1.807, 2.05) is 7.05 Å². The van der Waals surface area contributed by atoms with Gasteiger partial charge in [-0.05, 0) is 20.0 Å². The molecule has 1 aliphatic heterocycles. The topological polar surface area (TPSA) is 74.3 Å². The largest absolute Gasteiger partial charge is 0.496 e. The normalized spacial score (nSPS) is 22.2. The standard InChI is InChI=1S/C16H25NO6S/c1-17-7-6-12(15(10-17)23-24(5,18)19)16-13(21-3)8-11(20-2)9-14(16)22-4/h8-9,12,15H,6-7,10H2,1-5H3. The van der Waals surface area contributed by atoms with E-state index in [0.717, 1.165) is 24.8 Å². The predicted molar refractivity (Wildman–Crippen MR) is 90.7 cm³/mol. The van der Waals surface area contributed by atoms with E-state index in [1.54, 1.807) is 33.5 Å². The van der Waals surface area contributed by atoms with Crippen molar-refractivity contribution < 1.29 is 26.8 Å². The van der Waals surface area contributed by atoms with E-state index in [9.17, 15) is 8.42 Å². The SMILES string of the molecule is COc1cc(OC)c(C2CCN(C)CC2OS(C)(=O)=O)c(OC)c1. The van der Waals surface area contributed by atoms with Gasteiger partial charge in [-0.3, -0.25) is 4.18 Å². The number of likely N-dealkylation sites (N-methyl/N-ethyl adjacent to an activating group) is 1. The molecule has 0 aromatic heterocycles. The van der Waals surface area contributed by atoms with Crippen LogP contribution in [-0.2, 0) is 14.3 Å². The molecule has 2 rings (SSSR count). The number of hydrogen-bond donors (Lipinski definition) is 0. The number of rotatable bonds is 6. The minimum atomic E-state index is -3.57. The molecule has 0 spiro atoms. The molecule has 0 N–H and O–H groups in total. The average molecular weight is 359 g/mol. The van der Waals surface area contributed by atoms with Gasteiger partial charge in [0.25, 0.3) is 10.1 Å². The molecule has 1 saturated heterocycles. The van der Waals surface area contributed by atoms with Gasteiger partial charge in [-0.15, -0.1) is 0 Å². The minimum absolute atomic E-state index is 0.160. The fourth-order valence-corrected chi connectivity index (χ4v) is 3.77. The van der Waals surface area contributed by atoms with Gasteiger partial charge in [-0.2, -0.15) is 8.42 Å². The van der Waals surface area contributed by atoms with Crippen LogP contribution in [0.25, 0.3) is 0 Å². The van der Waals surface area contributed by atoms with Crippen LogP contribution in [-0.4, -0.2) is 67.1 Å². The molecule has 1 aromatic rings. The summed E-state index contributed by atoms with van der Waals surface area (Å²) >= 11 is 0. The number of hydrogen-bond acceptors (Lipinski definition) is 7. The van der Waals surface area contributed by atoms with Crippen LogP contribution < -0.4 is 14.2 Å². The van der Waals surface area contributed by atoms with Gasteiger partial charge in [-0.1, -0.05) is 0 Å². The van der Waals surface area contributed by atoms with Gasteiger partial charge in [0, 0.05) is 30.2 Å². The molecule has 7 nitrogen and oxygen atoms in total. The zero-order valence-corrected chi connectivity index (χ0v) is 15.6. The summed E-state index contributed by atoms with van der Waals surface area (Å²) in [5.74, 6) is 1.65. The van der Waals surface area contributed by atoms with Crippen molar-refractivity contribution in [2.75, 3.05) is 47.7 Å². The van der Waals surface area contributed by atoms with Crippen LogP contribution in [0.4, 0.5) is 0 Å². The maximum Gasteiger partial charge on any atom is 0.264 e. The van der Waals surface area contributed by atoms with Crippen molar-refractivity contribution in [2.45, 2.75) is 18.4 Å². The Bertz CT molecular complexity index is 650.